The van der Waals surface area contributed by atoms with Gasteiger partial charge in [0.05, 0.1) is 5.57 Å². The van der Waals surface area contributed by atoms with Crippen LogP contribution in [0.1, 0.15) is 43.9 Å². The third-order valence-electron chi connectivity index (χ3n) is 6.44. The van der Waals surface area contributed by atoms with Crippen LogP contribution in [0.4, 0.5) is 0 Å². The molecule has 0 unspecified atom stereocenters. The first-order valence-corrected chi connectivity index (χ1v) is 13.5. The smallest absolute Gasteiger partial charge is 0.319 e. The molecule has 0 saturated carbocycles. The van der Waals surface area contributed by atoms with Gasteiger partial charge in [0.25, 0.3) is 0 Å². The highest BCUT2D eigenvalue weighted by Crippen LogP contribution is 2.40. The lowest BCUT2D eigenvalue weighted by molar-refractivity contribution is -0.114. The highest BCUT2D eigenvalue weighted by molar-refractivity contribution is 6.99. The minimum absolute atomic E-state index is 0.114. The highest BCUT2D eigenvalue weighted by atomic mass is 28.4. The van der Waals surface area contributed by atoms with Crippen LogP contribution in [-0.4, -0.2) is 14.1 Å². The van der Waals surface area contributed by atoms with E-state index in [9.17, 15) is 4.79 Å². The van der Waals surface area contributed by atoms with Crippen molar-refractivity contribution >= 4 is 30.6 Å². The Morgan fingerprint density at radius 2 is 1.42 bits per heavy atom. The molecule has 1 aliphatic rings. The molecule has 3 aromatic carbocycles. The molecule has 3 aromatic rings. The lowest BCUT2D eigenvalue weighted by atomic mass is 10.0. The van der Waals surface area contributed by atoms with Crippen LogP contribution >= 0.6 is 0 Å². The summed E-state index contributed by atoms with van der Waals surface area (Å²) in [7, 11) is -2.79. The maximum Gasteiger partial charge on any atom is 0.319 e. The van der Waals surface area contributed by atoms with Crippen LogP contribution in [0.15, 0.2) is 96.3 Å². The quantitative estimate of drug-likeness (QED) is 0.344. The van der Waals surface area contributed by atoms with Gasteiger partial charge >= 0.3 is 8.32 Å². The topological polar surface area (TPSA) is 26.3 Å². The van der Waals surface area contributed by atoms with E-state index in [-0.39, 0.29) is 10.8 Å². The molecule has 33 heavy (non-hydrogen) atoms. The molecule has 0 heterocycles. The summed E-state index contributed by atoms with van der Waals surface area (Å²) in [4.78, 5) is 13.0. The summed E-state index contributed by atoms with van der Waals surface area (Å²) in [5.74, 6) is 0.831. The standard InChI is InChI=1S/C30H32O2Si/c1-22-16-17-24(23(2)20-22)21-27-28(31)18-19-29(27)32-33(30(3,4)5,25-12-8-6-9-13-25)26-14-10-7-11-15-26/h6-17,19-21H,18H2,1-5H3. The molecule has 0 aromatic heterocycles. The van der Waals surface area contributed by atoms with E-state index < -0.39 is 8.32 Å². The zero-order chi connectivity index (χ0) is 23.6. The van der Waals surface area contributed by atoms with E-state index in [1.54, 1.807) is 0 Å². The first-order valence-electron chi connectivity index (χ1n) is 11.5. The van der Waals surface area contributed by atoms with Gasteiger partial charge in [0.15, 0.2) is 5.78 Å². The first-order chi connectivity index (χ1) is 15.7. The van der Waals surface area contributed by atoms with E-state index in [2.05, 4.69) is 101 Å². The fraction of sp³-hybridized carbons (Fsp3) is 0.233. The minimum Gasteiger partial charge on any atom is -0.534 e. The second-order valence-electron chi connectivity index (χ2n) is 9.88. The minimum atomic E-state index is -2.79. The van der Waals surface area contributed by atoms with Crippen LogP contribution in [0, 0.1) is 13.8 Å². The molecule has 0 spiro atoms. The van der Waals surface area contributed by atoms with Crippen molar-refractivity contribution in [2.45, 2.75) is 46.1 Å². The monoisotopic (exact) mass is 452 g/mol. The van der Waals surface area contributed by atoms with Crippen LogP contribution in [0.3, 0.4) is 0 Å². The molecule has 168 valence electrons. The zero-order valence-corrected chi connectivity index (χ0v) is 21.2. The van der Waals surface area contributed by atoms with Gasteiger partial charge in [0.1, 0.15) is 5.76 Å². The molecule has 0 fully saturated rings. The second-order valence-corrected chi connectivity index (χ2v) is 14.1. The summed E-state index contributed by atoms with van der Waals surface area (Å²) in [6.07, 6.45) is 4.36. The number of ketones is 1. The number of hydrogen-bond donors (Lipinski definition) is 0. The van der Waals surface area contributed by atoms with Crippen LogP contribution in [0.5, 0.6) is 0 Å². The highest BCUT2D eigenvalue weighted by Gasteiger charge is 2.53. The van der Waals surface area contributed by atoms with Gasteiger partial charge in [-0.1, -0.05) is 105 Å². The van der Waals surface area contributed by atoms with Gasteiger partial charge in [0.2, 0.25) is 0 Å². The summed E-state index contributed by atoms with van der Waals surface area (Å²) in [5.41, 5.74) is 4.11. The van der Waals surface area contributed by atoms with Crippen molar-refractivity contribution in [2.24, 2.45) is 0 Å². The number of Topliss-reactive ketones (excluding diaryl/α,β-unsaturated/α-hetero) is 1. The van der Waals surface area contributed by atoms with Crippen molar-refractivity contribution in [2.75, 3.05) is 0 Å². The number of hydrogen-bond acceptors (Lipinski definition) is 2. The Bertz CT molecular complexity index is 1180. The zero-order valence-electron chi connectivity index (χ0n) is 20.2. The number of carbonyl (C=O) groups excluding carboxylic acids is 1. The molecule has 4 rings (SSSR count). The molecule has 2 nitrogen and oxygen atoms in total. The van der Waals surface area contributed by atoms with Crippen molar-refractivity contribution in [3.05, 3.63) is 113 Å². The average Bonchev–Trinajstić information content (AvgIpc) is 3.13. The van der Waals surface area contributed by atoms with Crippen LogP contribution in [0.25, 0.3) is 6.08 Å². The Morgan fingerprint density at radius 3 is 1.94 bits per heavy atom. The van der Waals surface area contributed by atoms with E-state index in [4.69, 9.17) is 4.43 Å². The Morgan fingerprint density at radius 1 is 0.848 bits per heavy atom. The van der Waals surface area contributed by atoms with Crippen LogP contribution < -0.4 is 10.4 Å². The normalized spacial score (nSPS) is 15.6. The maximum atomic E-state index is 13.0. The van der Waals surface area contributed by atoms with Crippen LogP contribution in [0.2, 0.25) is 5.04 Å². The van der Waals surface area contributed by atoms with E-state index in [1.807, 2.05) is 24.3 Å². The van der Waals surface area contributed by atoms with Gasteiger partial charge in [-0.05, 0) is 52.5 Å². The number of carbonyl (C=O) groups is 1. The van der Waals surface area contributed by atoms with Crippen molar-refractivity contribution in [3.8, 4) is 0 Å². The molecule has 0 aliphatic heterocycles. The van der Waals surface area contributed by atoms with E-state index in [0.717, 1.165) is 11.1 Å². The second kappa shape index (κ2) is 8.99. The predicted octanol–water partition coefficient (Wildman–Crippen LogP) is 6.12. The lowest BCUT2D eigenvalue weighted by Crippen LogP contribution is -2.66. The molecule has 0 saturated heterocycles. The fourth-order valence-corrected chi connectivity index (χ4v) is 9.20. The third kappa shape index (κ3) is 4.38. The van der Waals surface area contributed by atoms with Crippen LogP contribution in [-0.2, 0) is 9.22 Å². The third-order valence-corrected chi connectivity index (χ3v) is 11.4. The van der Waals surface area contributed by atoms with E-state index >= 15 is 0 Å². The molecule has 0 bridgehead atoms. The van der Waals surface area contributed by atoms with Crippen molar-refractivity contribution in [1.29, 1.82) is 0 Å². The molecule has 0 atom stereocenters. The first kappa shape index (κ1) is 23.0. The molecule has 1 aliphatic carbocycles. The lowest BCUT2D eigenvalue weighted by Gasteiger charge is -2.43. The Hall–Kier alpha value is -3.17. The predicted molar refractivity (Wildman–Crippen MR) is 140 cm³/mol. The maximum absolute atomic E-state index is 13.0. The van der Waals surface area contributed by atoms with E-state index in [1.165, 1.54) is 15.9 Å². The van der Waals surface area contributed by atoms with Crippen molar-refractivity contribution in [1.82, 2.24) is 0 Å². The molecule has 3 heteroatoms. The number of rotatable bonds is 5. The van der Waals surface area contributed by atoms with E-state index in [0.29, 0.717) is 17.8 Å². The van der Waals surface area contributed by atoms with Gasteiger partial charge in [-0.3, -0.25) is 4.79 Å². The van der Waals surface area contributed by atoms with Gasteiger partial charge in [-0.2, -0.15) is 0 Å². The molecular weight excluding hydrogens is 420 g/mol. The SMILES string of the molecule is Cc1ccc(C=C2C(=O)CC=C2O[Si](c2ccccc2)(c2ccccc2)C(C)(C)C)c(C)c1. The van der Waals surface area contributed by atoms with Gasteiger partial charge < -0.3 is 4.43 Å². The van der Waals surface area contributed by atoms with Gasteiger partial charge in [-0.15, -0.1) is 0 Å². The average molecular weight is 453 g/mol. The summed E-state index contributed by atoms with van der Waals surface area (Å²) in [6, 6.07) is 27.4. The molecule has 0 radical (unpaired) electrons. The molecule has 0 amide bonds. The fourth-order valence-electron chi connectivity index (χ4n) is 4.75. The molecular formula is C30H32O2Si. The van der Waals surface area contributed by atoms with Gasteiger partial charge in [0, 0.05) is 6.42 Å². The number of allylic oxidation sites excluding steroid dienone is 2. The molecule has 0 N–H and O–H groups in total. The number of benzene rings is 3. The van der Waals surface area contributed by atoms with Crippen molar-refractivity contribution < 1.29 is 9.22 Å². The van der Waals surface area contributed by atoms with Crippen molar-refractivity contribution in [3.63, 3.8) is 0 Å². The summed E-state index contributed by atoms with van der Waals surface area (Å²) < 4.78 is 7.17. The Kier molecular flexibility index (Phi) is 6.27. The summed E-state index contributed by atoms with van der Waals surface area (Å²) in [5, 5.41) is 2.25. The summed E-state index contributed by atoms with van der Waals surface area (Å²) >= 11 is 0. The number of aryl methyl sites for hydroxylation is 2. The summed E-state index contributed by atoms with van der Waals surface area (Å²) in [6.45, 7) is 10.9. The largest absolute Gasteiger partial charge is 0.534 e. The Labute approximate surface area is 198 Å². The Balaban J connectivity index is 1.87. The van der Waals surface area contributed by atoms with Gasteiger partial charge in [-0.25, -0.2) is 0 Å².